The van der Waals surface area contributed by atoms with Crippen molar-refractivity contribution >= 4 is 12.1 Å². The number of hydrogen-bond acceptors (Lipinski definition) is 4. The largest absolute Gasteiger partial charge is 0.461 e. The van der Waals surface area contributed by atoms with Gasteiger partial charge in [-0.15, -0.1) is 0 Å². The van der Waals surface area contributed by atoms with Gasteiger partial charge in [-0.3, -0.25) is 0 Å². The Morgan fingerprint density at radius 3 is 1.68 bits per heavy atom. The van der Waals surface area contributed by atoms with E-state index >= 15 is 0 Å². The van der Waals surface area contributed by atoms with Gasteiger partial charge in [0.1, 0.15) is 12.6 Å². The van der Waals surface area contributed by atoms with E-state index in [0.717, 1.165) is 13.8 Å². The van der Waals surface area contributed by atoms with E-state index in [4.69, 9.17) is 0 Å². The van der Waals surface area contributed by atoms with Crippen molar-refractivity contribution in [2.75, 3.05) is 0 Å². The first-order chi connectivity index (χ1) is 16.9. The number of ether oxygens (including phenoxy) is 2. The lowest BCUT2D eigenvalue weighted by atomic mass is 9.91. The average Bonchev–Trinajstić information content (AvgIpc) is 2.76. The highest BCUT2D eigenvalue weighted by molar-refractivity contribution is 5.81. The minimum atomic E-state index is -8.10. The van der Waals surface area contributed by atoms with Gasteiger partial charge in [-0.2, -0.15) is 57.1 Å². The molecule has 0 saturated heterocycles. The summed E-state index contributed by atoms with van der Waals surface area (Å²) in [4.78, 5) is 23.9. The molecule has 1 aromatic rings. The van der Waals surface area contributed by atoms with Gasteiger partial charge in [-0.25, -0.2) is 9.59 Å². The Morgan fingerprint density at radius 1 is 0.763 bits per heavy atom. The normalized spacial score (nSPS) is 14.7. The van der Waals surface area contributed by atoms with Crippen LogP contribution in [0.4, 0.5) is 61.9 Å². The third-order valence-corrected chi connectivity index (χ3v) is 4.60. The summed E-state index contributed by atoms with van der Waals surface area (Å²) in [7, 11) is 0. The number of benzene rings is 1. The van der Waals surface area contributed by atoms with Crippen LogP contribution in [0.25, 0.3) is 0 Å². The fraction of sp³-hybridized carbons (Fsp3) is 0.600. The zero-order chi connectivity index (χ0) is 30.0. The first-order valence-electron chi connectivity index (χ1n) is 10.1. The molecule has 0 fully saturated rings. The number of esters is 1. The number of rotatable bonds is 11. The molecule has 1 unspecified atom stereocenters. The second-order valence-corrected chi connectivity index (χ2v) is 7.95. The van der Waals surface area contributed by atoms with Gasteiger partial charge in [-0.05, 0) is 19.4 Å². The van der Waals surface area contributed by atoms with Crippen LogP contribution in [0, 0.1) is 0 Å². The third kappa shape index (κ3) is 6.54. The van der Waals surface area contributed by atoms with E-state index in [1.165, 1.54) is 35.6 Å². The van der Waals surface area contributed by atoms with Gasteiger partial charge in [0, 0.05) is 6.42 Å². The molecule has 18 heteroatoms. The Bertz CT molecular complexity index is 965. The lowest BCUT2D eigenvalue weighted by Gasteiger charge is -2.40. The molecule has 218 valence electrons. The van der Waals surface area contributed by atoms with Gasteiger partial charge in [0.25, 0.3) is 0 Å². The molecule has 0 spiro atoms. The molecule has 0 aromatic heterocycles. The predicted octanol–water partition coefficient (Wildman–Crippen LogP) is 6.36. The van der Waals surface area contributed by atoms with Crippen LogP contribution in [0.3, 0.4) is 0 Å². The van der Waals surface area contributed by atoms with Crippen LogP contribution in [0.5, 0.6) is 0 Å². The van der Waals surface area contributed by atoms with Crippen molar-refractivity contribution in [2.24, 2.45) is 0 Å². The first-order valence-corrected chi connectivity index (χ1v) is 10.1. The van der Waals surface area contributed by atoms with E-state index in [2.05, 4.69) is 9.47 Å². The van der Waals surface area contributed by atoms with Crippen molar-refractivity contribution in [3.05, 3.63) is 35.9 Å². The number of nitrogens with one attached hydrogen (secondary N) is 1. The van der Waals surface area contributed by atoms with Gasteiger partial charge >= 0.3 is 47.9 Å². The van der Waals surface area contributed by atoms with Crippen LogP contribution in [0.1, 0.15) is 25.8 Å². The Labute approximate surface area is 205 Å². The van der Waals surface area contributed by atoms with Crippen LogP contribution in [0.15, 0.2) is 30.3 Å². The molecule has 0 radical (unpaired) electrons. The summed E-state index contributed by atoms with van der Waals surface area (Å²) in [5.74, 6) is -40.3. The number of halogens is 13. The average molecular weight is 583 g/mol. The van der Waals surface area contributed by atoms with Crippen molar-refractivity contribution < 1.29 is 76.1 Å². The fourth-order valence-corrected chi connectivity index (χ4v) is 2.60. The summed E-state index contributed by atoms with van der Waals surface area (Å²) in [6.45, 7) is 1.54. The number of carbonyl (C=O) groups is 2. The van der Waals surface area contributed by atoms with Gasteiger partial charge in [0.05, 0.1) is 6.10 Å². The topological polar surface area (TPSA) is 64.6 Å². The Hall–Kier alpha value is -2.95. The second kappa shape index (κ2) is 11.0. The summed E-state index contributed by atoms with van der Waals surface area (Å²) in [6.07, 6.45) is -13.6. The first kappa shape index (κ1) is 33.1. The molecule has 1 atom stereocenters. The molecule has 1 amide bonds. The maximum atomic E-state index is 14.3. The monoisotopic (exact) mass is 583 g/mol. The number of alkyl halides is 13. The molecule has 0 aliphatic carbocycles. The predicted molar refractivity (Wildman–Crippen MR) is 100 cm³/mol. The SMILES string of the molecule is CC(C)OC(=O)C(CC(F)(F)C(F)(F)C(F)(F)C(F)(F)C(F)(F)C(F)(F)F)NC(=O)OCc1ccccc1. The summed E-state index contributed by atoms with van der Waals surface area (Å²) >= 11 is 0. The number of alkyl carbamates (subject to hydrolysis) is 1. The quantitative estimate of drug-likeness (QED) is 0.243. The second-order valence-electron chi connectivity index (χ2n) is 7.95. The zero-order valence-corrected chi connectivity index (χ0v) is 19.0. The molecular formula is C20H18F13NO4. The van der Waals surface area contributed by atoms with Gasteiger partial charge in [0.15, 0.2) is 0 Å². The van der Waals surface area contributed by atoms with Crippen molar-refractivity contribution in [1.82, 2.24) is 5.32 Å². The van der Waals surface area contributed by atoms with Gasteiger partial charge < -0.3 is 14.8 Å². The molecule has 1 rings (SSSR count). The zero-order valence-electron chi connectivity index (χ0n) is 19.0. The van der Waals surface area contributed by atoms with E-state index in [0.29, 0.717) is 0 Å². The number of hydrogen-bond donors (Lipinski definition) is 1. The lowest BCUT2D eigenvalue weighted by Crippen LogP contribution is -2.70. The van der Waals surface area contributed by atoms with Crippen LogP contribution in [-0.4, -0.2) is 60.0 Å². The summed E-state index contributed by atoms with van der Waals surface area (Å²) < 4.78 is 182. The van der Waals surface area contributed by atoms with Crippen LogP contribution in [0.2, 0.25) is 0 Å². The number of amides is 1. The van der Waals surface area contributed by atoms with Gasteiger partial charge in [-0.1, -0.05) is 30.3 Å². The van der Waals surface area contributed by atoms with Crippen molar-refractivity contribution in [3.63, 3.8) is 0 Å². The van der Waals surface area contributed by atoms with E-state index in [-0.39, 0.29) is 5.56 Å². The van der Waals surface area contributed by atoms with E-state index in [9.17, 15) is 66.7 Å². The molecule has 0 heterocycles. The van der Waals surface area contributed by atoms with Crippen molar-refractivity contribution in [3.8, 4) is 0 Å². The Morgan fingerprint density at radius 2 is 1.24 bits per heavy atom. The maximum Gasteiger partial charge on any atom is 0.460 e. The Kier molecular flexibility index (Phi) is 9.61. The van der Waals surface area contributed by atoms with E-state index in [1.807, 2.05) is 0 Å². The van der Waals surface area contributed by atoms with Crippen molar-refractivity contribution in [1.29, 1.82) is 0 Å². The molecule has 1 aromatic carbocycles. The molecule has 0 saturated carbocycles. The maximum absolute atomic E-state index is 14.3. The summed E-state index contributed by atoms with van der Waals surface area (Å²) in [5.41, 5.74) is 0.272. The summed E-state index contributed by atoms with van der Waals surface area (Å²) in [6, 6.07) is 4.17. The van der Waals surface area contributed by atoms with E-state index < -0.39 is 73.0 Å². The summed E-state index contributed by atoms with van der Waals surface area (Å²) in [5, 5.41) is 1.26. The lowest BCUT2D eigenvalue weighted by molar-refractivity contribution is -0.440. The molecule has 38 heavy (non-hydrogen) atoms. The minimum Gasteiger partial charge on any atom is -0.461 e. The standard InChI is InChI=1S/C20H18F13NO4/c1-10(2)38-13(35)12(34-14(36)37-9-11-6-4-3-5-7-11)8-15(21,22)16(23,24)17(25,26)18(27,28)19(29,30)20(31,32)33/h3-7,10,12H,8-9H2,1-2H3,(H,34,36). The van der Waals surface area contributed by atoms with Crippen LogP contribution < -0.4 is 5.32 Å². The Balaban J connectivity index is 3.30. The highest BCUT2D eigenvalue weighted by Gasteiger charge is 2.90. The number of carbonyl (C=O) groups excluding carboxylic acids is 2. The highest BCUT2D eigenvalue weighted by atomic mass is 19.4. The smallest absolute Gasteiger partial charge is 0.460 e. The minimum absolute atomic E-state index is 0.272. The van der Waals surface area contributed by atoms with Crippen LogP contribution in [-0.2, 0) is 20.9 Å². The molecule has 0 bridgehead atoms. The highest BCUT2D eigenvalue weighted by Crippen LogP contribution is 2.60. The molecule has 1 N–H and O–H groups in total. The molecule has 0 aliphatic rings. The molecule has 5 nitrogen and oxygen atoms in total. The fourth-order valence-electron chi connectivity index (χ4n) is 2.60. The van der Waals surface area contributed by atoms with Gasteiger partial charge in [0.2, 0.25) is 0 Å². The molecular weight excluding hydrogens is 565 g/mol. The molecule has 0 aliphatic heterocycles. The third-order valence-electron chi connectivity index (χ3n) is 4.60. The van der Waals surface area contributed by atoms with E-state index in [1.54, 1.807) is 0 Å². The van der Waals surface area contributed by atoms with Crippen LogP contribution >= 0.6 is 0 Å². The van der Waals surface area contributed by atoms with Crippen molar-refractivity contribution in [2.45, 2.75) is 74.8 Å².